The van der Waals surface area contributed by atoms with E-state index < -0.39 is 0 Å². The zero-order valence-corrected chi connectivity index (χ0v) is 7.95. The van der Waals surface area contributed by atoms with Crippen LogP contribution in [-0.2, 0) is 0 Å². The normalized spacial score (nSPS) is 14.6. The molecule has 4 nitrogen and oxygen atoms in total. The van der Waals surface area contributed by atoms with Crippen LogP contribution < -0.4 is 14.2 Å². The topological polar surface area (TPSA) is 47.9 Å². The number of ether oxygens (including phenoxy) is 3. The number of aromatic hydroxyl groups is 1. The minimum absolute atomic E-state index is 0.117. The summed E-state index contributed by atoms with van der Waals surface area (Å²) in [7, 11) is 1.53. The molecule has 14 heavy (non-hydrogen) atoms. The summed E-state index contributed by atoms with van der Waals surface area (Å²) in [6, 6.07) is 3.04. The fourth-order valence-electron chi connectivity index (χ4n) is 1.38. The van der Waals surface area contributed by atoms with Crippen molar-refractivity contribution in [3.05, 3.63) is 12.1 Å². The van der Waals surface area contributed by atoms with E-state index in [0.29, 0.717) is 30.5 Å². The maximum atomic E-state index is 9.38. The van der Waals surface area contributed by atoms with E-state index >= 15 is 0 Å². The lowest BCUT2D eigenvalue weighted by Crippen LogP contribution is -1.98. The third-order valence-corrected chi connectivity index (χ3v) is 2.02. The lowest BCUT2D eigenvalue weighted by molar-refractivity contribution is 0.289. The quantitative estimate of drug-likeness (QED) is 0.740. The van der Waals surface area contributed by atoms with Gasteiger partial charge >= 0.3 is 0 Å². The Hall–Kier alpha value is -1.58. The van der Waals surface area contributed by atoms with Gasteiger partial charge in [-0.15, -0.1) is 0 Å². The lowest BCUT2D eigenvalue weighted by atomic mass is 10.2. The summed E-state index contributed by atoms with van der Waals surface area (Å²) in [6.45, 7) is 1.20. The first-order valence-corrected chi connectivity index (χ1v) is 4.48. The fraction of sp³-hybridized carbons (Fsp3) is 0.400. The Bertz CT molecular complexity index is 335. The van der Waals surface area contributed by atoms with Crippen molar-refractivity contribution < 1.29 is 19.3 Å². The number of methoxy groups -OCH3 is 1. The van der Waals surface area contributed by atoms with E-state index in [4.69, 9.17) is 14.2 Å². The molecule has 4 heteroatoms. The van der Waals surface area contributed by atoms with Crippen LogP contribution in [0.4, 0.5) is 0 Å². The Kier molecular flexibility index (Phi) is 2.35. The molecule has 0 aliphatic carbocycles. The molecule has 0 unspecified atom stereocenters. The van der Waals surface area contributed by atoms with E-state index in [1.807, 2.05) is 0 Å². The van der Waals surface area contributed by atoms with E-state index in [2.05, 4.69) is 0 Å². The summed E-state index contributed by atoms with van der Waals surface area (Å²) < 4.78 is 16.0. The van der Waals surface area contributed by atoms with Gasteiger partial charge in [0.05, 0.1) is 20.3 Å². The molecule has 1 aromatic carbocycles. The molecule has 0 saturated heterocycles. The molecule has 76 valence electrons. The van der Waals surface area contributed by atoms with Crippen LogP contribution in [0.25, 0.3) is 0 Å². The van der Waals surface area contributed by atoms with E-state index in [9.17, 15) is 5.11 Å². The molecule has 2 rings (SSSR count). The van der Waals surface area contributed by atoms with Crippen LogP contribution in [0.5, 0.6) is 23.0 Å². The first-order chi connectivity index (χ1) is 6.81. The monoisotopic (exact) mass is 196 g/mol. The summed E-state index contributed by atoms with van der Waals surface area (Å²) in [4.78, 5) is 0. The van der Waals surface area contributed by atoms with E-state index in [0.717, 1.165) is 6.42 Å². The minimum atomic E-state index is 0.117. The average molecular weight is 196 g/mol. The minimum Gasteiger partial charge on any atom is -0.508 e. The SMILES string of the molecule is COc1cc(O)cc2c1OCCCO2. The largest absolute Gasteiger partial charge is 0.508 e. The van der Waals surface area contributed by atoms with Gasteiger partial charge in [-0.25, -0.2) is 0 Å². The van der Waals surface area contributed by atoms with Crippen molar-refractivity contribution in [1.82, 2.24) is 0 Å². The molecule has 0 bridgehead atoms. The van der Waals surface area contributed by atoms with Crippen LogP contribution in [0.2, 0.25) is 0 Å². The summed E-state index contributed by atoms with van der Waals surface area (Å²) in [5.74, 6) is 1.73. The number of benzene rings is 1. The number of rotatable bonds is 1. The van der Waals surface area contributed by atoms with Gasteiger partial charge in [0.15, 0.2) is 11.5 Å². The van der Waals surface area contributed by atoms with Crippen molar-refractivity contribution in [2.45, 2.75) is 6.42 Å². The van der Waals surface area contributed by atoms with Gasteiger partial charge in [-0.3, -0.25) is 0 Å². The molecular formula is C10H12O4. The Labute approximate surface area is 82.0 Å². The Morgan fingerprint density at radius 3 is 2.86 bits per heavy atom. The molecule has 1 aliphatic rings. The highest BCUT2D eigenvalue weighted by Crippen LogP contribution is 2.41. The molecule has 0 saturated carbocycles. The van der Waals surface area contributed by atoms with Crippen molar-refractivity contribution in [3.63, 3.8) is 0 Å². The van der Waals surface area contributed by atoms with Crippen LogP contribution in [-0.4, -0.2) is 25.4 Å². The highest BCUT2D eigenvalue weighted by atomic mass is 16.5. The molecule has 0 radical (unpaired) electrons. The van der Waals surface area contributed by atoms with Crippen molar-refractivity contribution >= 4 is 0 Å². The Balaban J connectivity index is 2.46. The van der Waals surface area contributed by atoms with Crippen molar-refractivity contribution in [1.29, 1.82) is 0 Å². The average Bonchev–Trinajstić information content (AvgIpc) is 2.41. The molecule has 1 aliphatic heterocycles. The zero-order chi connectivity index (χ0) is 9.97. The van der Waals surface area contributed by atoms with Gasteiger partial charge in [-0.05, 0) is 0 Å². The Morgan fingerprint density at radius 2 is 2.07 bits per heavy atom. The predicted octanol–water partition coefficient (Wildman–Crippen LogP) is 1.56. The van der Waals surface area contributed by atoms with Gasteiger partial charge in [0.25, 0.3) is 0 Å². The van der Waals surface area contributed by atoms with Crippen LogP contribution in [0.1, 0.15) is 6.42 Å². The second-order valence-electron chi connectivity index (χ2n) is 3.03. The van der Waals surface area contributed by atoms with Crippen LogP contribution in [0.3, 0.4) is 0 Å². The van der Waals surface area contributed by atoms with Crippen molar-refractivity contribution in [2.24, 2.45) is 0 Å². The summed E-state index contributed by atoms with van der Waals surface area (Å²) >= 11 is 0. The number of fused-ring (bicyclic) bond motifs is 1. The molecule has 0 amide bonds. The second kappa shape index (κ2) is 3.65. The summed E-state index contributed by atoms with van der Waals surface area (Å²) in [5, 5.41) is 9.38. The second-order valence-corrected chi connectivity index (χ2v) is 3.03. The molecule has 1 aromatic rings. The molecule has 0 aromatic heterocycles. The van der Waals surface area contributed by atoms with Crippen LogP contribution >= 0.6 is 0 Å². The number of hydrogen-bond acceptors (Lipinski definition) is 4. The van der Waals surface area contributed by atoms with E-state index in [-0.39, 0.29) is 5.75 Å². The lowest BCUT2D eigenvalue weighted by Gasteiger charge is -2.11. The maximum absolute atomic E-state index is 9.38. The van der Waals surface area contributed by atoms with Gasteiger partial charge in [0.2, 0.25) is 5.75 Å². The number of phenols is 1. The van der Waals surface area contributed by atoms with Crippen molar-refractivity contribution in [3.8, 4) is 23.0 Å². The van der Waals surface area contributed by atoms with E-state index in [1.54, 1.807) is 0 Å². The fourth-order valence-corrected chi connectivity index (χ4v) is 1.38. The summed E-state index contributed by atoms with van der Waals surface area (Å²) in [6.07, 6.45) is 0.832. The molecule has 0 fully saturated rings. The highest BCUT2D eigenvalue weighted by molar-refractivity contribution is 5.55. The molecular weight excluding hydrogens is 184 g/mol. The van der Waals surface area contributed by atoms with Gasteiger partial charge in [0.1, 0.15) is 5.75 Å². The zero-order valence-electron chi connectivity index (χ0n) is 7.95. The third-order valence-electron chi connectivity index (χ3n) is 2.02. The van der Waals surface area contributed by atoms with E-state index in [1.165, 1.54) is 19.2 Å². The molecule has 0 spiro atoms. The van der Waals surface area contributed by atoms with Gasteiger partial charge in [-0.1, -0.05) is 0 Å². The summed E-state index contributed by atoms with van der Waals surface area (Å²) in [5.41, 5.74) is 0. The maximum Gasteiger partial charge on any atom is 0.203 e. The Morgan fingerprint density at radius 1 is 1.29 bits per heavy atom. The molecule has 1 heterocycles. The third kappa shape index (κ3) is 1.55. The van der Waals surface area contributed by atoms with Crippen molar-refractivity contribution in [2.75, 3.05) is 20.3 Å². The molecule has 0 atom stereocenters. The number of hydrogen-bond donors (Lipinski definition) is 1. The first-order valence-electron chi connectivity index (χ1n) is 4.48. The standard InChI is InChI=1S/C10H12O4/c1-12-8-5-7(11)6-9-10(8)14-4-2-3-13-9/h5-6,11H,2-4H2,1H3. The van der Waals surface area contributed by atoms with Gasteiger partial charge < -0.3 is 19.3 Å². The highest BCUT2D eigenvalue weighted by Gasteiger charge is 2.16. The predicted molar refractivity (Wildman–Crippen MR) is 50.3 cm³/mol. The van der Waals surface area contributed by atoms with Crippen LogP contribution in [0.15, 0.2) is 12.1 Å². The van der Waals surface area contributed by atoms with Gasteiger partial charge in [-0.2, -0.15) is 0 Å². The number of phenolic OH excluding ortho intramolecular Hbond substituents is 1. The smallest absolute Gasteiger partial charge is 0.203 e. The first kappa shape index (κ1) is 8.99. The molecule has 1 N–H and O–H groups in total. The van der Waals surface area contributed by atoms with Gasteiger partial charge in [0, 0.05) is 18.6 Å². The van der Waals surface area contributed by atoms with Crippen LogP contribution in [0, 0.1) is 0 Å².